The van der Waals surface area contributed by atoms with Gasteiger partial charge in [0.1, 0.15) is 0 Å². The van der Waals surface area contributed by atoms with Gasteiger partial charge < -0.3 is 14.6 Å². The van der Waals surface area contributed by atoms with Gasteiger partial charge in [-0.2, -0.15) is 0 Å². The lowest BCUT2D eigenvalue weighted by Gasteiger charge is -2.35. The van der Waals surface area contributed by atoms with Crippen molar-refractivity contribution < 1.29 is 14.6 Å². The van der Waals surface area contributed by atoms with Crippen molar-refractivity contribution in [1.29, 1.82) is 0 Å². The summed E-state index contributed by atoms with van der Waals surface area (Å²) in [4.78, 5) is 0. The molecule has 0 unspecified atom stereocenters. The highest BCUT2D eigenvalue weighted by Crippen LogP contribution is 2.38. The first-order valence-electron chi connectivity index (χ1n) is 4.56. The predicted molar refractivity (Wildman–Crippen MR) is 50.1 cm³/mol. The fourth-order valence-corrected chi connectivity index (χ4v) is 1.65. The van der Waals surface area contributed by atoms with Crippen LogP contribution in [0.2, 0.25) is 0 Å². The summed E-state index contributed by atoms with van der Waals surface area (Å²) in [6.45, 7) is 2.03. The van der Waals surface area contributed by atoms with Crippen molar-refractivity contribution in [1.82, 2.24) is 0 Å². The summed E-state index contributed by atoms with van der Waals surface area (Å²) in [5.41, 5.74) is -0.156. The molecule has 0 bridgehead atoms. The highest BCUT2D eigenvalue weighted by Gasteiger charge is 2.34. The first-order chi connectivity index (χ1) is 6.12. The molecule has 1 aliphatic carbocycles. The molecule has 0 aromatic rings. The van der Waals surface area contributed by atoms with Gasteiger partial charge in [-0.25, -0.2) is 0 Å². The smallest absolute Gasteiger partial charge is 0.159 e. The molecule has 1 rings (SSSR count). The highest BCUT2D eigenvalue weighted by atomic mass is 16.6. The van der Waals surface area contributed by atoms with Crippen LogP contribution in [0.3, 0.4) is 0 Å². The van der Waals surface area contributed by atoms with Gasteiger partial charge in [-0.15, -0.1) is 0 Å². The van der Waals surface area contributed by atoms with Crippen LogP contribution in [0.5, 0.6) is 0 Å². The number of hydrogen-bond donors (Lipinski definition) is 1. The molecule has 0 amide bonds. The molecule has 3 nitrogen and oxygen atoms in total. The third kappa shape index (κ3) is 2.23. The summed E-state index contributed by atoms with van der Waals surface area (Å²) in [5.74, 6) is 1.01. The normalized spacial score (nSPS) is 30.9. The minimum Gasteiger partial charge on any atom is -0.501 e. The number of ether oxygens (including phenoxy) is 2. The number of aliphatic hydroxyl groups is 1. The first-order valence-corrected chi connectivity index (χ1v) is 4.56. The van der Waals surface area contributed by atoms with E-state index in [9.17, 15) is 5.11 Å². The minimum atomic E-state index is -0.679. The Morgan fingerprint density at radius 3 is 2.62 bits per heavy atom. The minimum absolute atomic E-state index is 0.156. The number of aliphatic hydroxyl groups excluding tert-OH is 1. The third-order valence-electron chi connectivity index (χ3n) is 2.82. The first kappa shape index (κ1) is 10.5. The Labute approximate surface area is 79.3 Å². The molecule has 1 N–H and O–H groups in total. The molecule has 0 aromatic heterocycles. The Morgan fingerprint density at radius 2 is 2.23 bits per heavy atom. The van der Waals surface area contributed by atoms with Gasteiger partial charge in [0.25, 0.3) is 0 Å². The van der Waals surface area contributed by atoms with Crippen LogP contribution < -0.4 is 0 Å². The van der Waals surface area contributed by atoms with Crippen molar-refractivity contribution in [2.75, 3.05) is 14.2 Å². The van der Waals surface area contributed by atoms with Crippen molar-refractivity contribution in [2.24, 2.45) is 5.41 Å². The SMILES string of the molecule is COC1=CC[C@@](C)([C@@H](O)OC)CC1. The second-order valence-electron chi connectivity index (χ2n) is 3.82. The molecule has 3 heteroatoms. The van der Waals surface area contributed by atoms with Gasteiger partial charge in [-0.3, -0.25) is 0 Å². The van der Waals surface area contributed by atoms with E-state index in [0.717, 1.165) is 25.0 Å². The lowest BCUT2D eigenvalue weighted by Crippen LogP contribution is -2.35. The van der Waals surface area contributed by atoms with E-state index in [1.165, 1.54) is 7.11 Å². The molecule has 0 radical (unpaired) electrons. The Bertz CT molecular complexity index is 200. The molecule has 76 valence electrons. The summed E-state index contributed by atoms with van der Waals surface area (Å²) in [6, 6.07) is 0. The average molecular weight is 186 g/mol. The molecular formula is C10H18O3. The number of allylic oxidation sites excluding steroid dienone is 2. The maximum Gasteiger partial charge on any atom is 0.159 e. The largest absolute Gasteiger partial charge is 0.501 e. The number of hydrogen-bond acceptors (Lipinski definition) is 3. The van der Waals surface area contributed by atoms with Crippen LogP contribution in [-0.4, -0.2) is 25.6 Å². The van der Waals surface area contributed by atoms with E-state index in [-0.39, 0.29) is 5.41 Å². The van der Waals surface area contributed by atoms with Gasteiger partial charge >= 0.3 is 0 Å². The van der Waals surface area contributed by atoms with Gasteiger partial charge in [0.05, 0.1) is 12.9 Å². The van der Waals surface area contributed by atoms with Crippen molar-refractivity contribution in [3.8, 4) is 0 Å². The van der Waals surface area contributed by atoms with Gasteiger partial charge in [-0.1, -0.05) is 6.92 Å². The molecule has 0 spiro atoms. The maximum absolute atomic E-state index is 9.61. The third-order valence-corrected chi connectivity index (χ3v) is 2.82. The van der Waals surface area contributed by atoms with E-state index in [4.69, 9.17) is 9.47 Å². The second-order valence-corrected chi connectivity index (χ2v) is 3.82. The van der Waals surface area contributed by atoms with Crippen molar-refractivity contribution >= 4 is 0 Å². The molecule has 0 heterocycles. The Hall–Kier alpha value is -0.540. The predicted octanol–water partition coefficient (Wildman–Crippen LogP) is 1.67. The van der Waals surface area contributed by atoms with Gasteiger partial charge in [0.15, 0.2) is 6.29 Å². The Kier molecular flexibility index (Phi) is 3.33. The summed E-state index contributed by atoms with van der Waals surface area (Å²) >= 11 is 0. The molecule has 13 heavy (non-hydrogen) atoms. The summed E-state index contributed by atoms with van der Waals surface area (Å²) < 4.78 is 10.1. The van der Waals surface area contributed by atoms with E-state index in [1.807, 2.05) is 13.0 Å². The van der Waals surface area contributed by atoms with Crippen molar-refractivity contribution in [2.45, 2.75) is 32.5 Å². The molecule has 0 aromatic carbocycles. The van der Waals surface area contributed by atoms with E-state index in [1.54, 1.807) is 7.11 Å². The van der Waals surface area contributed by atoms with E-state index in [0.29, 0.717) is 0 Å². The van der Waals surface area contributed by atoms with E-state index >= 15 is 0 Å². The van der Waals surface area contributed by atoms with Crippen LogP contribution in [0.15, 0.2) is 11.8 Å². The van der Waals surface area contributed by atoms with E-state index < -0.39 is 6.29 Å². The Morgan fingerprint density at radius 1 is 1.54 bits per heavy atom. The summed E-state index contributed by atoms with van der Waals surface area (Å²) in [6.07, 6.45) is 3.95. The van der Waals surface area contributed by atoms with Crippen molar-refractivity contribution in [3.63, 3.8) is 0 Å². The van der Waals surface area contributed by atoms with Crippen LogP contribution in [-0.2, 0) is 9.47 Å². The molecule has 0 fully saturated rings. The van der Waals surface area contributed by atoms with Gasteiger partial charge in [-0.05, 0) is 18.9 Å². The summed E-state index contributed by atoms with van der Waals surface area (Å²) in [7, 11) is 3.21. The van der Waals surface area contributed by atoms with Crippen LogP contribution in [0.25, 0.3) is 0 Å². The zero-order chi connectivity index (χ0) is 9.90. The molecule has 0 aliphatic heterocycles. The molecule has 2 atom stereocenters. The fourth-order valence-electron chi connectivity index (χ4n) is 1.65. The highest BCUT2D eigenvalue weighted by molar-refractivity contribution is 5.03. The quantitative estimate of drug-likeness (QED) is 0.681. The lowest BCUT2D eigenvalue weighted by molar-refractivity contribution is -0.156. The van der Waals surface area contributed by atoms with E-state index in [2.05, 4.69) is 0 Å². The Balaban J connectivity index is 2.61. The second kappa shape index (κ2) is 4.11. The standard InChI is InChI=1S/C10H18O3/c1-10(9(11)13-3)6-4-8(12-2)5-7-10/h4,9,11H,5-7H2,1-3H3/t9-,10+/m0/s1. The topological polar surface area (TPSA) is 38.7 Å². The zero-order valence-electron chi connectivity index (χ0n) is 8.54. The molecule has 0 saturated heterocycles. The van der Waals surface area contributed by atoms with Crippen molar-refractivity contribution in [3.05, 3.63) is 11.8 Å². The molecule has 1 aliphatic rings. The lowest BCUT2D eigenvalue weighted by atomic mass is 9.78. The van der Waals surface area contributed by atoms with Gasteiger partial charge in [0, 0.05) is 18.9 Å². The fraction of sp³-hybridized carbons (Fsp3) is 0.800. The monoisotopic (exact) mass is 186 g/mol. The zero-order valence-corrected chi connectivity index (χ0v) is 8.54. The van der Waals surface area contributed by atoms with Crippen LogP contribution in [0, 0.1) is 5.41 Å². The molecule has 0 saturated carbocycles. The molecular weight excluding hydrogens is 168 g/mol. The number of rotatable bonds is 3. The average Bonchev–Trinajstić information content (AvgIpc) is 2.18. The van der Waals surface area contributed by atoms with Crippen LogP contribution in [0.1, 0.15) is 26.2 Å². The number of methoxy groups -OCH3 is 2. The van der Waals surface area contributed by atoms with Crippen LogP contribution >= 0.6 is 0 Å². The van der Waals surface area contributed by atoms with Crippen LogP contribution in [0.4, 0.5) is 0 Å². The van der Waals surface area contributed by atoms with Gasteiger partial charge in [0.2, 0.25) is 0 Å². The maximum atomic E-state index is 9.61. The summed E-state index contributed by atoms with van der Waals surface area (Å²) in [5, 5.41) is 9.61.